The maximum atomic E-state index is 11.0. The topological polar surface area (TPSA) is 66.8 Å². The van der Waals surface area contributed by atoms with Crippen molar-refractivity contribution in [1.29, 1.82) is 0 Å². The van der Waals surface area contributed by atoms with Crippen LogP contribution in [0.15, 0.2) is 12.2 Å². The summed E-state index contributed by atoms with van der Waals surface area (Å²) in [6.07, 6.45) is -0.996. The fraction of sp³-hybridized carbons (Fsp3) is 0.667. The van der Waals surface area contributed by atoms with E-state index in [0.717, 1.165) is 0 Å². The second-order valence-corrected chi connectivity index (χ2v) is 3.04. The molecule has 76 valence electrons. The molecule has 0 aliphatic rings. The Balaban J connectivity index is 4.45. The number of rotatable bonds is 4. The lowest BCUT2D eigenvalue weighted by atomic mass is 10.1. The van der Waals surface area contributed by atoms with Crippen LogP contribution >= 0.6 is 0 Å². The highest BCUT2D eigenvalue weighted by Crippen LogP contribution is 2.18. The Bertz CT molecular complexity index is 210. The summed E-state index contributed by atoms with van der Waals surface area (Å²) < 4.78 is 4.68. The van der Waals surface area contributed by atoms with Crippen molar-refractivity contribution in [3.63, 3.8) is 0 Å². The van der Waals surface area contributed by atoms with E-state index in [0.29, 0.717) is 0 Å². The normalized spacial score (nSPS) is 17.3. The fourth-order valence-electron chi connectivity index (χ4n) is 0.700. The van der Waals surface area contributed by atoms with E-state index in [9.17, 15) is 9.90 Å². The van der Waals surface area contributed by atoms with Gasteiger partial charge in [-0.25, -0.2) is 4.79 Å². The Kier molecular flexibility index (Phi) is 4.10. The molecule has 0 aliphatic heterocycles. The Labute approximate surface area is 77.8 Å². The van der Waals surface area contributed by atoms with Gasteiger partial charge in [0, 0.05) is 12.0 Å². The molecule has 0 aromatic rings. The zero-order valence-electron chi connectivity index (χ0n) is 8.20. The third-order valence-electron chi connectivity index (χ3n) is 1.78. The molecule has 0 fully saturated rings. The maximum Gasteiger partial charge on any atom is 0.335 e. The molecule has 0 heterocycles. The molecule has 0 bridgehead atoms. The van der Waals surface area contributed by atoms with Crippen molar-refractivity contribution in [2.75, 3.05) is 0 Å². The second kappa shape index (κ2) is 4.39. The third kappa shape index (κ3) is 3.16. The zero-order chi connectivity index (χ0) is 10.6. The Morgan fingerprint density at radius 3 is 2.38 bits per heavy atom. The summed E-state index contributed by atoms with van der Waals surface area (Å²) in [5.41, 5.74) is 0.188. The number of hydrogen-bond acceptors (Lipinski definition) is 4. The summed E-state index contributed by atoms with van der Waals surface area (Å²) in [6, 6.07) is 0. The van der Waals surface area contributed by atoms with Gasteiger partial charge in [0.05, 0.1) is 0 Å². The molecule has 0 radical (unpaired) electrons. The van der Waals surface area contributed by atoms with Gasteiger partial charge in [-0.05, 0) is 13.8 Å². The third-order valence-corrected chi connectivity index (χ3v) is 1.78. The summed E-state index contributed by atoms with van der Waals surface area (Å²) in [4.78, 5) is 11.0. The molecule has 2 atom stereocenters. The highest BCUT2D eigenvalue weighted by Gasteiger charge is 2.35. The Hall–Kier alpha value is -0.870. The largest absolute Gasteiger partial charge is 0.427 e. The molecule has 0 aliphatic carbocycles. The van der Waals surface area contributed by atoms with Crippen LogP contribution in [0.4, 0.5) is 0 Å². The smallest absolute Gasteiger partial charge is 0.335 e. The lowest BCUT2D eigenvalue weighted by Gasteiger charge is -2.29. The first-order chi connectivity index (χ1) is 5.83. The van der Waals surface area contributed by atoms with E-state index in [1.165, 1.54) is 13.8 Å². The van der Waals surface area contributed by atoms with Crippen LogP contribution in [0.2, 0.25) is 0 Å². The number of aliphatic hydroxyl groups is 2. The maximum absolute atomic E-state index is 11.0. The number of ether oxygens (including phenoxy) is 1. The van der Waals surface area contributed by atoms with Crippen molar-refractivity contribution in [2.45, 2.75) is 39.1 Å². The lowest BCUT2D eigenvalue weighted by Crippen LogP contribution is -2.44. The molecule has 0 rings (SSSR count). The monoisotopic (exact) mass is 188 g/mol. The van der Waals surface area contributed by atoms with Gasteiger partial charge >= 0.3 is 5.97 Å². The van der Waals surface area contributed by atoms with Crippen molar-refractivity contribution < 1.29 is 19.7 Å². The molecule has 2 unspecified atom stereocenters. The van der Waals surface area contributed by atoms with E-state index in [1.54, 1.807) is 6.92 Å². The van der Waals surface area contributed by atoms with Crippen LogP contribution in [-0.4, -0.2) is 28.1 Å². The van der Waals surface area contributed by atoms with Crippen LogP contribution in [0.3, 0.4) is 0 Å². The lowest BCUT2D eigenvalue weighted by molar-refractivity contribution is -0.242. The number of carbonyl (C=O) groups is 1. The molecule has 0 aromatic carbocycles. The Morgan fingerprint density at radius 1 is 1.69 bits per heavy atom. The number of carbonyl (C=O) groups excluding carboxylic acids is 1. The average Bonchev–Trinajstić information content (AvgIpc) is 2.03. The van der Waals surface area contributed by atoms with Crippen LogP contribution in [0, 0.1) is 0 Å². The zero-order valence-corrected chi connectivity index (χ0v) is 8.20. The van der Waals surface area contributed by atoms with E-state index in [2.05, 4.69) is 11.3 Å². The summed E-state index contributed by atoms with van der Waals surface area (Å²) in [5.74, 6) is -2.51. The van der Waals surface area contributed by atoms with Crippen molar-refractivity contribution in [1.82, 2.24) is 0 Å². The van der Waals surface area contributed by atoms with Gasteiger partial charge in [0.1, 0.15) is 6.10 Å². The first kappa shape index (κ1) is 12.1. The minimum Gasteiger partial charge on any atom is -0.427 e. The van der Waals surface area contributed by atoms with Crippen molar-refractivity contribution in [3.05, 3.63) is 12.2 Å². The molecule has 13 heavy (non-hydrogen) atoms. The van der Waals surface area contributed by atoms with Crippen molar-refractivity contribution in [2.24, 2.45) is 0 Å². The predicted octanol–water partition coefficient (Wildman–Crippen LogP) is 0.585. The van der Waals surface area contributed by atoms with Gasteiger partial charge in [0.15, 0.2) is 0 Å². The SMILES string of the molecule is C=C(C)C(=O)OC(O)(CC)C(C)O. The number of esters is 1. The fourth-order valence-corrected chi connectivity index (χ4v) is 0.700. The summed E-state index contributed by atoms with van der Waals surface area (Å²) in [7, 11) is 0. The average molecular weight is 188 g/mol. The van der Waals surface area contributed by atoms with E-state index >= 15 is 0 Å². The highest BCUT2D eigenvalue weighted by atomic mass is 16.7. The molecule has 2 N–H and O–H groups in total. The van der Waals surface area contributed by atoms with Gasteiger partial charge in [0.2, 0.25) is 5.79 Å². The molecular formula is C9H16O4. The van der Waals surface area contributed by atoms with Crippen molar-refractivity contribution >= 4 is 5.97 Å². The first-order valence-corrected chi connectivity index (χ1v) is 4.12. The van der Waals surface area contributed by atoms with Gasteiger partial charge in [-0.2, -0.15) is 0 Å². The highest BCUT2D eigenvalue weighted by molar-refractivity contribution is 5.87. The first-order valence-electron chi connectivity index (χ1n) is 4.12. The van der Waals surface area contributed by atoms with Crippen LogP contribution in [-0.2, 0) is 9.53 Å². The van der Waals surface area contributed by atoms with Crippen molar-refractivity contribution in [3.8, 4) is 0 Å². The van der Waals surface area contributed by atoms with Gasteiger partial charge in [-0.3, -0.25) is 0 Å². The van der Waals surface area contributed by atoms with E-state index in [1.807, 2.05) is 0 Å². The molecule has 4 nitrogen and oxygen atoms in total. The molecule has 0 amide bonds. The van der Waals surface area contributed by atoms with E-state index < -0.39 is 17.9 Å². The molecule has 0 aromatic heterocycles. The Morgan fingerprint density at radius 2 is 2.15 bits per heavy atom. The van der Waals surface area contributed by atoms with Gasteiger partial charge in [0.25, 0.3) is 0 Å². The van der Waals surface area contributed by atoms with Crippen LogP contribution in [0.5, 0.6) is 0 Å². The molecule has 0 saturated carbocycles. The van der Waals surface area contributed by atoms with Crippen LogP contribution < -0.4 is 0 Å². The van der Waals surface area contributed by atoms with E-state index in [4.69, 9.17) is 5.11 Å². The number of hydrogen-bond donors (Lipinski definition) is 2. The predicted molar refractivity (Wildman–Crippen MR) is 47.8 cm³/mol. The second-order valence-electron chi connectivity index (χ2n) is 3.04. The quantitative estimate of drug-likeness (QED) is 0.385. The molecule has 4 heteroatoms. The molecule has 0 saturated heterocycles. The van der Waals surface area contributed by atoms with Crippen LogP contribution in [0.1, 0.15) is 27.2 Å². The van der Waals surface area contributed by atoms with Gasteiger partial charge in [-0.15, -0.1) is 0 Å². The molecular weight excluding hydrogens is 172 g/mol. The summed E-state index contributed by atoms with van der Waals surface area (Å²) in [6.45, 7) is 7.80. The standard InChI is InChI=1S/C9H16O4/c1-5-9(12,7(4)10)13-8(11)6(2)3/h7,10,12H,2,5H2,1,3-4H3. The van der Waals surface area contributed by atoms with Gasteiger partial charge in [-0.1, -0.05) is 13.5 Å². The van der Waals surface area contributed by atoms with E-state index in [-0.39, 0.29) is 12.0 Å². The minimum absolute atomic E-state index is 0.129. The van der Waals surface area contributed by atoms with Crippen LogP contribution in [0.25, 0.3) is 0 Å². The molecule has 0 spiro atoms. The number of aliphatic hydroxyl groups excluding tert-OH is 1. The van der Waals surface area contributed by atoms with Gasteiger partial charge < -0.3 is 14.9 Å². The minimum atomic E-state index is -1.81. The summed E-state index contributed by atoms with van der Waals surface area (Å²) >= 11 is 0. The summed E-state index contributed by atoms with van der Waals surface area (Å²) in [5, 5.41) is 18.7.